The second-order valence-corrected chi connectivity index (χ2v) is 5.53. The van der Waals surface area contributed by atoms with Crippen LogP contribution in [0.25, 0.3) is 0 Å². The van der Waals surface area contributed by atoms with Crippen molar-refractivity contribution < 1.29 is 4.79 Å². The van der Waals surface area contributed by atoms with E-state index in [9.17, 15) is 4.79 Å². The average Bonchev–Trinajstić information content (AvgIpc) is 2.95. The van der Waals surface area contributed by atoms with Crippen LogP contribution in [0.5, 0.6) is 0 Å². The lowest BCUT2D eigenvalue weighted by atomic mass is 9.93. The molecule has 1 aliphatic carbocycles. The van der Waals surface area contributed by atoms with Gasteiger partial charge in [-0.05, 0) is 19.3 Å². The van der Waals surface area contributed by atoms with Crippen LogP contribution in [0.3, 0.4) is 0 Å². The molecule has 1 aliphatic rings. The number of nitrogens with zero attached hydrogens (tertiary/aromatic N) is 4. The largest absolute Gasteiger partial charge is 0.367 e. The summed E-state index contributed by atoms with van der Waals surface area (Å²) < 4.78 is 1.89. The summed E-state index contributed by atoms with van der Waals surface area (Å²) in [6.45, 7) is 1.10. The van der Waals surface area contributed by atoms with E-state index in [1.807, 2.05) is 17.9 Å². The van der Waals surface area contributed by atoms with Crippen LogP contribution in [0.1, 0.15) is 30.1 Å². The number of nitrogens with one attached hydrogen (secondary N) is 3. The van der Waals surface area contributed by atoms with E-state index in [1.54, 1.807) is 18.6 Å². The van der Waals surface area contributed by atoms with E-state index in [4.69, 9.17) is 0 Å². The number of urea groups is 1. The number of carbonyl (C=O) groups excluding carboxylic acids is 1. The maximum absolute atomic E-state index is 12.0. The minimum atomic E-state index is -0.160. The van der Waals surface area contributed by atoms with E-state index >= 15 is 0 Å². The molecule has 2 aromatic heterocycles. The van der Waals surface area contributed by atoms with Crippen molar-refractivity contribution in [3.63, 3.8) is 0 Å². The van der Waals surface area contributed by atoms with Gasteiger partial charge < -0.3 is 16.0 Å². The lowest BCUT2D eigenvalue weighted by molar-refractivity contribution is 0.236. The molecule has 0 saturated carbocycles. The first kappa shape index (κ1) is 15.3. The van der Waals surface area contributed by atoms with Crippen LogP contribution in [-0.4, -0.2) is 38.9 Å². The van der Waals surface area contributed by atoms with Crippen molar-refractivity contribution >= 4 is 11.8 Å². The van der Waals surface area contributed by atoms with Crippen molar-refractivity contribution in [1.29, 1.82) is 0 Å². The van der Waals surface area contributed by atoms with Gasteiger partial charge in [0.25, 0.3) is 0 Å². The van der Waals surface area contributed by atoms with Gasteiger partial charge in [-0.15, -0.1) is 0 Å². The Morgan fingerprint density at radius 1 is 1.35 bits per heavy atom. The standard InChI is InChI=1S/C15H21N7O/c1-22-13-4-2-3-12(11(13)9-20-22)21-15(23)19-8-7-18-14-10-16-5-6-17-14/h5-6,9-10,12H,2-4,7-8H2,1H3,(H,17,18)(H2,19,21,23)/t12-/m1/s1. The van der Waals surface area contributed by atoms with Crippen LogP contribution in [-0.2, 0) is 13.5 Å². The van der Waals surface area contributed by atoms with Gasteiger partial charge in [-0.3, -0.25) is 9.67 Å². The summed E-state index contributed by atoms with van der Waals surface area (Å²) in [4.78, 5) is 20.1. The van der Waals surface area contributed by atoms with Crippen molar-refractivity contribution in [1.82, 2.24) is 30.4 Å². The summed E-state index contributed by atoms with van der Waals surface area (Å²) in [5.41, 5.74) is 2.34. The van der Waals surface area contributed by atoms with E-state index in [-0.39, 0.29) is 12.1 Å². The lowest BCUT2D eigenvalue weighted by Crippen LogP contribution is -2.40. The van der Waals surface area contributed by atoms with E-state index in [0.717, 1.165) is 24.8 Å². The lowest BCUT2D eigenvalue weighted by Gasteiger charge is -2.24. The molecular weight excluding hydrogens is 294 g/mol. The van der Waals surface area contributed by atoms with Gasteiger partial charge >= 0.3 is 6.03 Å². The maximum Gasteiger partial charge on any atom is 0.315 e. The third kappa shape index (κ3) is 3.77. The van der Waals surface area contributed by atoms with Crippen molar-refractivity contribution in [3.8, 4) is 0 Å². The predicted octanol–water partition coefficient (Wildman–Crippen LogP) is 0.999. The summed E-state index contributed by atoms with van der Waals surface area (Å²) in [6.07, 6.45) is 9.77. The number of anilines is 1. The molecule has 0 radical (unpaired) electrons. The highest BCUT2D eigenvalue weighted by Crippen LogP contribution is 2.28. The number of aryl methyl sites for hydroxylation is 1. The SMILES string of the molecule is Cn1ncc2c1CCC[C@H]2NC(=O)NCCNc1cnccn1. The third-order valence-electron chi connectivity index (χ3n) is 3.96. The van der Waals surface area contributed by atoms with E-state index in [2.05, 4.69) is 31.0 Å². The number of hydrogen-bond donors (Lipinski definition) is 3. The zero-order valence-electron chi connectivity index (χ0n) is 13.1. The minimum Gasteiger partial charge on any atom is -0.367 e. The van der Waals surface area contributed by atoms with Gasteiger partial charge in [0, 0.05) is 43.8 Å². The van der Waals surface area contributed by atoms with Gasteiger partial charge in [0.15, 0.2) is 0 Å². The smallest absolute Gasteiger partial charge is 0.315 e. The highest BCUT2D eigenvalue weighted by molar-refractivity contribution is 5.74. The van der Waals surface area contributed by atoms with Gasteiger partial charge in [-0.1, -0.05) is 0 Å². The van der Waals surface area contributed by atoms with Gasteiger partial charge in [-0.2, -0.15) is 5.10 Å². The third-order valence-corrected chi connectivity index (χ3v) is 3.96. The van der Waals surface area contributed by atoms with Crippen LogP contribution in [0.2, 0.25) is 0 Å². The monoisotopic (exact) mass is 315 g/mol. The Hall–Kier alpha value is -2.64. The number of amides is 2. The molecule has 1 atom stereocenters. The fourth-order valence-corrected chi connectivity index (χ4v) is 2.82. The van der Waals surface area contributed by atoms with Crippen molar-refractivity contribution in [2.24, 2.45) is 7.05 Å². The number of fused-ring (bicyclic) bond motifs is 1. The Labute approximate surface area is 134 Å². The number of rotatable bonds is 5. The van der Waals surface area contributed by atoms with Crippen LogP contribution in [0.4, 0.5) is 10.6 Å². The Morgan fingerprint density at radius 2 is 2.26 bits per heavy atom. The van der Waals surface area contributed by atoms with E-state index in [0.29, 0.717) is 18.9 Å². The molecule has 8 nitrogen and oxygen atoms in total. The van der Waals surface area contributed by atoms with Gasteiger partial charge in [-0.25, -0.2) is 9.78 Å². The molecule has 3 rings (SSSR count). The summed E-state index contributed by atoms with van der Waals surface area (Å²) in [5.74, 6) is 0.696. The van der Waals surface area contributed by atoms with Crippen molar-refractivity contribution in [3.05, 3.63) is 36.0 Å². The molecule has 0 aliphatic heterocycles. The first-order chi connectivity index (χ1) is 11.2. The van der Waals surface area contributed by atoms with Crippen molar-refractivity contribution in [2.75, 3.05) is 18.4 Å². The molecule has 2 aromatic rings. The van der Waals surface area contributed by atoms with Crippen LogP contribution >= 0.6 is 0 Å². The molecule has 2 heterocycles. The van der Waals surface area contributed by atoms with Crippen LogP contribution < -0.4 is 16.0 Å². The second kappa shape index (κ2) is 7.08. The molecular formula is C15H21N7O. The van der Waals surface area contributed by atoms with E-state index in [1.165, 1.54) is 5.69 Å². The van der Waals surface area contributed by atoms with Crippen molar-refractivity contribution in [2.45, 2.75) is 25.3 Å². The second-order valence-electron chi connectivity index (χ2n) is 5.53. The Bertz CT molecular complexity index is 655. The first-order valence-electron chi connectivity index (χ1n) is 7.79. The molecule has 3 N–H and O–H groups in total. The molecule has 23 heavy (non-hydrogen) atoms. The van der Waals surface area contributed by atoms with Gasteiger partial charge in [0.1, 0.15) is 5.82 Å². The summed E-state index contributed by atoms with van der Waals surface area (Å²) in [6, 6.07) is -0.118. The molecule has 0 fully saturated rings. The molecule has 0 bridgehead atoms. The number of aromatic nitrogens is 4. The zero-order valence-corrected chi connectivity index (χ0v) is 13.1. The summed E-state index contributed by atoms with van der Waals surface area (Å²) >= 11 is 0. The maximum atomic E-state index is 12.0. The number of hydrogen-bond acceptors (Lipinski definition) is 5. The fourth-order valence-electron chi connectivity index (χ4n) is 2.82. The fraction of sp³-hybridized carbons (Fsp3) is 0.467. The highest BCUT2D eigenvalue weighted by Gasteiger charge is 2.24. The van der Waals surface area contributed by atoms with E-state index < -0.39 is 0 Å². The first-order valence-corrected chi connectivity index (χ1v) is 7.79. The normalized spacial score (nSPS) is 16.5. The molecule has 122 valence electrons. The molecule has 0 saturated heterocycles. The average molecular weight is 315 g/mol. The topological polar surface area (TPSA) is 96.8 Å². The Morgan fingerprint density at radius 3 is 3.09 bits per heavy atom. The molecule has 0 aromatic carbocycles. The highest BCUT2D eigenvalue weighted by atomic mass is 16.2. The Kier molecular flexibility index (Phi) is 4.70. The van der Waals surface area contributed by atoms with Gasteiger partial charge in [0.2, 0.25) is 0 Å². The molecule has 8 heteroatoms. The quantitative estimate of drug-likeness (QED) is 0.715. The van der Waals surface area contributed by atoms with Crippen LogP contribution in [0, 0.1) is 0 Å². The number of carbonyl (C=O) groups is 1. The van der Waals surface area contributed by atoms with Gasteiger partial charge in [0.05, 0.1) is 18.4 Å². The minimum absolute atomic E-state index is 0.0420. The van der Waals surface area contributed by atoms with Crippen LogP contribution in [0.15, 0.2) is 24.8 Å². The molecule has 2 amide bonds. The summed E-state index contributed by atoms with van der Waals surface area (Å²) in [5, 5.41) is 13.3. The molecule has 0 unspecified atom stereocenters. The Balaban J connectivity index is 1.43. The zero-order chi connectivity index (χ0) is 16.1. The molecule has 0 spiro atoms. The predicted molar refractivity (Wildman–Crippen MR) is 85.9 cm³/mol. The summed E-state index contributed by atoms with van der Waals surface area (Å²) in [7, 11) is 1.94.